The van der Waals surface area contributed by atoms with Crippen molar-refractivity contribution in [1.29, 1.82) is 0 Å². The molecule has 4 rings (SSSR count). The van der Waals surface area contributed by atoms with Crippen LogP contribution in [0.1, 0.15) is 65.5 Å². The minimum atomic E-state index is -0.119. The average molecular weight is 299 g/mol. The van der Waals surface area contributed by atoms with Crippen LogP contribution in [-0.2, 0) is 0 Å². The van der Waals surface area contributed by atoms with Gasteiger partial charge < -0.3 is 9.42 Å². The zero-order chi connectivity index (χ0) is 15.1. The van der Waals surface area contributed by atoms with Gasteiger partial charge in [0.1, 0.15) is 5.69 Å². The summed E-state index contributed by atoms with van der Waals surface area (Å²) in [7, 11) is 0. The second-order valence-corrected chi connectivity index (χ2v) is 5.96. The normalized spacial score (nSPS) is 21.3. The van der Waals surface area contributed by atoms with Crippen molar-refractivity contribution in [2.24, 2.45) is 0 Å². The van der Waals surface area contributed by atoms with E-state index in [2.05, 4.69) is 20.1 Å². The molecule has 0 radical (unpaired) electrons. The number of amides is 1. The van der Waals surface area contributed by atoms with Gasteiger partial charge in [-0.15, -0.1) is 0 Å². The van der Waals surface area contributed by atoms with Crippen LogP contribution in [0.25, 0.3) is 0 Å². The summed E-state index contributed by atoms with van der Waals surface area (Å²) in [5.74, 6) is 1.64. The summed E-state index contributed by atoms with van der Waals surface area (Å²) < 4.78 is 5.32. The molecule has 0 spiro atoms. The molecule has 3 heterocycles. The summed E-state index contributed by atoms with van der Waals surface area (Å²) in [4.78, 5) is 27.2. The molecule has 22 heavy (non-hydrogen) atoms. The molecular weight excluding hydrogens is 282 g/mol. The molecule has 1 aliphatic carbocycles. The Morgan fingerprint density at radius 1 is 1.27 bits per heavy atom. The first kappa shape index (κ1) is 13.4. The van der Waals surface area contributed by atoms with Gasteiger partial charge in [-0.05, 0) is 32.6 Å². The molecule has 0 bridgehead atoms. The molecule has 2 fully saturated rings. The maximum atomic E-state index is 12.6. The number of hydrogen-bond acceptors (Lipinski definition) is 6. The molecule has 0 N–H and O–H groups in total. The number of aryl methyl sites for hydroxylation is 1. The van der Waals surface area contributed by atoms with E-state index in [0.717, 1.165) is 31.4 Å². The van der Waals surface area contributed by atoms with E-state index in [-0.39, 0.29) is 11.9 Å². The number of likely N-dealkylation sites (tertiary alicyclic amines) is 1. The Kier molecular flexibility index (Phi) is 3.13. The standard InChI is InChI=1S/C15H17N5O2/c1-9-7-17-11(8-16-9)15(21)20-6-2-3-12(20)13-18-14(22-19-13)10-4-5-10/h7-8,10,12H,2-6H2,1H3/t12-/m1/s1. The fourth-order valence-corrected chi connectivity index (χ4v) is 2.81. The van der Waals surface area contributed by atoms with Gasteiger partial charge >= 0.3 is 0 Å². The maximum Gasteiger partial charge on any atom is 0.274 e. The number of aromatic nitrogens is 4. The first-order valence-corrected chi connectivity index (χ1v) is 7.65. The van der Waals surface area contributed by atoms with Crippen molar-refractivity contribution in [1.82, 2.24) is 25.0 Å². The lowest BCUT2D eigenvalue weighted by molar-refractivity contribution is 0.0722. The number of nitrogens with zero attached hydrogens (tertiary/aromatic N) is 5. The third kappa shape index (κ3) is 2.36. The quantitative estimate of drug-likeness (QED) is 0.862. The number of rotatable bonds is 3. The molecule has 2 aromatic rings. The van der Waals surface area contributed by atoms with Gasteiger partial charge in [0, 0.05) is 18.7 Å². The highest BCUT2D eigenvalue weighted by Gasteiger charge is 2.36. The Labute approximate surface area is 127 Å². The van der Waals surface area contributed by atoms with Crippen molar-refractivity contribution >= 4 is 5.91 Å². The van der Waals surface area contributed by atoms with Crippen molar-refractivity contribution in [2.45, 2.75) is 44.6 Å². The monoisotopic (exact) mass is 299 g/mol. The predicted molar refractivity (Wildman–Crippen MR) is 76.1 cm³/mol. The molecule has 1 amide bonds. The van der Waals surface area contributed by atoms with E-state index in [0.29, 0.717) is 29.9 Å². The van der Waals surface area contributed by atoms with Crippen LogP contribution in [0.4, 0.5) is 0 Å². The van der Waals surface area contributed by atoms with E-state index in [1.807, 2.05) is 6.92 Å². The van der Waals surface area contributed by atoms with Crippen LogP contribution in [0.2, 0.25) is 0 Å². The van der Waals surface area contributed by atoms with Crippen LogP contribution >= 0.6 is 0 Å². The van der Waals surface area contributed by atoms with E-state index in [1.165, 1.54) is 6.20 Å². The highest BCUT2D eigenvalue weighted by Crippen LogP contribution is 2.40. The molecular formula is C15H17N5O2. The van der Waals surface area contributed by atoms with E-state index in [4.69, 9.17) is 4.52 Å². The fraction of sp³-hybridized carbons (Fsp3) is 0.533. The SMILES string of the molecule is Cc1cnc(C(=O)N2CCC[C@@H]2c2noc(C3CC3)n2)cn1. The average Bonchev–Trinajstić information content (AvgIpc) is 3.08. The Balaban J connectivity index is 1.56. The highest BCUT2D eigenvalue weighted by atomic mass is 16.5. The van der Waals surface area contributed by atoms with Gasteiger partial charge in [0.2, 0.25) is 5.89 Å². The van der Waals surface area contributed by atoms with Gasteiger partial charge in [-0.1, -0.05) is 5.16 Å². The Morgan fingerprint density at radius 3 is 2.86 bits per heavy atom. The van der Waals surface area contributed by atoms with E-state index in [1.54, 1.807) is 11.1 Å². The van der Waals surface area contributed by atoms with Gasteiger partial charge in [0.25, 0.3) is 5.91 Å². The molecule has 114 valence electrons. The van der Waals surface area contributed by atoms with Crippen molar-refractivity contribution in [3.63, 3.8) is 0 Å². The topological polar surface area (TPSA) is 85.0 Å². The van der Waals surface area contributed by atoms with Crippen LogP contribution in [0, 0.1) is 6.92 Å². The summed E-state index contributed by atoms with van der Waals surface area (Å²) in [6.45, 7) is 2.53. The summed E-state index contributed by atoms with van der Waals surface area (Å²) >= 11 is 0. The lowest BCUT2D eigenvalue weighted by Gasteiger charge is -2.21. The molecule has 0 aromatic carbocycles. The molecule has 1 aliphatic heterocycles. The van der Waals surface area contributed by atoms with E-state index in [9.17, 15) is 4.79 Å². The van der Waals surface area contributed by atoms with Gasteiger partial charge in [0.15, 0.2) is 5.82 Å². The largest absolute Gasteiger partial charge is 0.339 e. The minimum Gasteiger partial charge on any atom is -0.339 e. The number of hydrogen-bond donors (Lipinski definition) is 0. The molecule has 0 unspecified atom stereocenters. The second-order valence-electron chi connectivity index (χ2n) is 5.96. The summed E-state index contributed by atoms with van der Waals surface area (Å²) in [5.41, 5.74) is 1.16. The lowest BCUT2D eigenvalue weighted by atomic mass is 10.2. The number of carbonyl (C=O) groups is 1. The Morgan fingerprint density at radius 2 is 2.14 bits per heavy atom. The first-order chi connectivity index (χ1) is 10.7. The van der Waals surface area contributed by atoms with E-state index < -0.39 is 0 Å². The predicted octanol–water partition coefficient (Wildman–Crippen LogP) is 2.02. The van der Waals surface area contributed by atoms with Crippen LogP contribution in [0.5, 0.6) is 0 Å². The molecule has 1 saturated carbocycles. The van der Waals surface area contributed by atoms with Crippen LogP contribution in [-0.4, -0.2) is 37.5 Å². The van der Waals surface area contributed by atoms with Crippen molar-refractivity contribution in [2.75, 3.05) is 6.54 Å². The molecule has 2 aliphatic rings. The van der Waals surface area contributed by atoms with Gasteiger partial charge in [-0.2, -0.15) is 4.98 Å². The van der Waals surface area contributed by atoms with Gasteiger partial charge in [-0.25, -0.2) is 4.98 Å². The van der Waals surface area contributed by atoms with Gasteiger partial charge in [-0.3, -0.25) is 9.78 Å². The lowest BCUT2D eigenvalue weighted by Crippen LogP contribution is -2.31. The highest BCUT2D eigenvalue weighted by molar-refractivity contribution is 5.92. The summed E-state index contributed by atoms with van der Waals surface area (Å²) in [5, 5.41) is 4.08. The van der Waals surface area contributed by atoms with Crippen LogP contribution in [0.15, 0.2) is 16.9 Å². The third-order valence-electron chi connectivity index (χ3n) is 4.20. The fourth-order valence-electron chi connectivity index (χ4n) is 2.81. The number of carbonyl (C=O) groups excluding carboxylic acids is 1. The third-order valence-corrected chi connectivity index (χ3v) is 4.20. The second kappa shape index (κ2) is 5.15. The zero-order valence-corrected chi connectivity index (χ0v) is 12.4. The Bertz CT molecular complexity index is 692. The molecule has 1 saturated heterocycles. The minimum absolute atomic E-state index is 0.118. The molecule has 7 heteroatoms. The summed E-state index contributed by atoms with van der Waals surface area (Å²) in [6.07, 6.45) is 7.16. The smallest absolute Gasteiger partial charge is 0.274 e. The van der Waals surface area contributed by atoms with Crippen LogP contribution < -0.4 is 0 Å². The van der Waals surface area contributed by atoms with Crippen molar-refractivity contribution in [3.05, 3.63) is 35.5 Å². The zero-order valence-electron chi connectivity index (χ0n) is 12.4. The van der Waals surface area contributed by atoms with Crippen LogP contribution in [0.3, 0.4) is 0 Å². The van der Waals surface area contributed by atoms with Crippen molar-refractivity contribution < 1.29 is 9.32 Å². The van der Waals surface area contributed by atoms with E-state index >= 15 is 0 Å². The Hall–Kier alpha value is -2.31. The molecule has 1 atom stereocenters. The van der Waals surface area contributed by atoms with Gasteiger partial charge in [0.05, 0.1) is 17.9 Å². The molecule has 7 nitrogen and oxygen atoms in total. The molecule has 2 aromatic heterocycles. The van der Waals surface area contributed by atoms with Crippen molar-refractivity contribution in [3.8, 4) is 0 Å². The maximum absolute atomic E-state index is 12.6. The first-order valence-electron chi connectivity index (χ1n) is 7.65. The summed E-state index contributed by atoms with van der Waals surface area (Å²) in [6, 6.07) is -0.119.